The van der Waals surface area contributed by atoms with E-state index in [9.17, 15) is 0 Å². The van der Waals surface area contributed by atoms with Gasteiger partial charge in [-0.2, -0.15) is 0 Å². The van der Waals surface area contributed by atoms with E-state index in [1.165, 1.54) is 5.56 Å². The molecule has 0 radical (unpaired) electrons. The molecule has 0 amide bonds. The smallest absolute Gasteiger partial charge is 0.0724 e. The lowest BCUT2D eigenvalue weighted by Crippen LogP contribution is -1.96. The van der Waals surface area contributed by atoms with Gasteiger partial charge in [0.15, 0.2) is 0 Å². The van der Waals surface area contributed by atoms with Gasteiger partial charge in [-0.15, -0.1) is 0 Å². The van der Waals surface area contributed by atoms with Crippen LogP contribution in [-0.4, -0.2) is 4.98 Å². The summed E-state index contributed by atoms with van der Waals surface area (Å²) >= 11 is 6.19. The van der Waals surface area contributed by atoms with E-state index >= 15 is 0 Å². The Balaban J connectivity index is 2.43. The van der Waals surface area contributed by atoms with Gasteiger partial charge < -0.3 is 5.73 Å². The standard InChI is InChI=1S/C17H15ClN2/c1-10-5-3-4-6-12(10)17-13-7-11(2)14(18)8-16(13)20-9-15(17)19/h3-9H,19H2,1-2H3. The van der Waals surface area contributed by atoms with Crippen LogP contribution in [0.3, 0.4) is 0 Å². The predicted molar refractivity (Wildman–Crippen MR) is 86.1 cm³/mol. The molecule has 0 fully saturated rings. The molecular formula is C17H15ClN2. The van der Waals surface area contributed by atoms with Gasteiger partial charge >= 0.3 is 0 Å². The maximum Gasteiger partial charge on any atom is 0.0724 e. The predicted octanol–water partition coefficient (Wildman–Crippen LogP) is 4.75. The van der Waals surface area contributed by atoms with E-state index in [-0.39, 0.29) is 0 Å². The number of halogens is 1. The van der Waals surface area contributed by atoms with Crippen molar-refractivity contribution in [2.45, 2.75) is 13.8 Å². The van der Waals surface area contributed by atoms with Crippen molar-refractivity contribution in [1.82, 2.24) is 4.98 Å². The second-order valence-corrected chi connectivity index (χ2v) is 5.43. The Morgan fingerprint density at radius 1 is 1.05 bits per heavy atom. The van der Waals surface area contributed by atoms with E-state index in [4.69, 9.17) is 17.3 Å². The quantitative estimate of drug-likeness (QED) is 0.699. The first-order valence-corrected chi connectivity index (χ1v) is 6.86. The zero-order chi connectivity index (χ0) is 14.3. The number of rotatable bonds is 1. The highest BCUT2D eigenvalue weighted by Gasteiger charge is 2.12. The minimum Gasteiger partial charge on any atom is -0.397 e. The first kappa shape index (κ1) is 12.9. The molecule has 1 heterocycles. The Labute approximate surface area is 123 Å². The van der Waals surface area contributed by atoms with Gasteiger partial charge in [-0.05, 0) is 42.7 Å². The van der Waals surface area contributed by atoms with Gasteiger partial charge in [0.25, 0.3) is 0 Å². The van der Waals surface area contributed by atoms with Crippen LogP contribution in [0.5, 0.6) is 0 Å². The van der Waals surface area contributed by atoms with Crippen molar-refractivity contribution >= 4 is 28.2 Å². The molecule has 2 N–H and O–H groups in total. The van der Waals surface area contributed by atoms with Crippen molar-refractivity contribution in [1.29, 1.82) is 0 Å². The molecule has 0 atom stereocenters. The topological polar surface area (TPSA) is 38.9 Å². The van der Waals surface area contributed by atoms with Crippen molar-refractivity contribution in [3.63, 3.8) is 0 Å². The molecule has 2 nitrogen and oxygen atoms in total. The molecule has 1 aromatic heterocycles. The molecule has 0 saturated carbocycles. The third-order valence-corrected chi connectivity index (χ3v) is 4.00. The van der Waals surface area contributed by atoms with Crippen molar-refractivity contribution in [2.75, 3.05) is 5.73 Å². The summed E-state index contributed by atoms with van der Waals surface area (Å²) in [6.07, 6.45) is 1.70. The van der Waals surface area contributed by atoms with Gasteiger partial charge in [0, 0.05) is 16.0 Å². The van der Waals surface area contributed by atoms with Crippen LogP contribution in [0.4, 0.5) is 5.69 Å². The number of nitrogens with two attached hydrogens (primary N) is 1. The number of pyridine rings is 1. The molecule has 0 aliphatic heterocycles. The van der Waals surface area contributed by atoms with Gasteiger partial charge in [-0.3, -0.25) is 4.98 Å². The van der Waals surface area contributed by atoms with Crippen LogP contribution in [-0.2, 0) is 0 Å². The molecule has 0 spiro atoms. The third-order valence-electron chi connectivity index (χ3n) is 3.59. The van der Waals surface area contributed by atoms with Gasteiger partial charge in [0.1, 0.15) is 0 Å². The van der Waals surface area contributed by atoms with Gasteiger partial charge in [0.05, 0.1) is 17.4 Å². The lowest BCUT2D eigenvalue weighted by Gasteiger charge is -2.13. The van der Waals surface area contributed by atoms with Crippen molar-refractivity contribution in [2.24, 2.45) is 0 Å². The molecule has 0 bridgehead atoms. The highest BCUT2D eigenvalue weighted by molar-refractivity contribution is 6.32. The summed E-state index contributed by atoms with van der Waals surface area (Å²) in [6, 6.07) is 12.2. The SMILES string of the molecule is Cc1cc2c(-c3ccccc3C)c(N)cnc2cc1Cl. The fraction of sp³-hybridized carbons (Fsp3) is 0.118. The maximum atomic E-state index is 6.19. The summed E-state index contributed by atoms with van der Waals surface area (Å²) in [5, 5.41) is 1.77. The van der Waals surface area contributed by atoms with Crippen molar-refractivity contribution in [3.05, 3.63) is 58.7 Å². The summed E-state index contributed by atoms with van der Waals surface area (Å²) in [5.74, 6) is 0. The number of fused-ring (bicyclic) bond motifs is 1. The number of benzene rings is 2. The van der Waals surface area contributed by atoms with E-state index in [0.717, 1.165) is 32.6 Å². The molecular weight excluding hydrogens is 268 g/mol. The Kier molecular flexibility index (Phi) is 3.11. The molecule has 3 aromatic rings. The minimum absolute atomic E-state index is 0.688. The van der Waals surface area contributed by atoms with Gasteiger partial charge in [-0.1, -0.05) is 35.9 Å². The van der Waals surface area contributed by atoms with Crippen LogP contribution >= 0.6 is 11.6 Å². The molecule has 0 saturated heterocycles. The van der Waals surface area contributed by atoms with Gasteiger partial charge in [0.2, 0.25) is 0 Å². The zero-order valence-corrected chi connectivity index (χ0v) is 12.2. The number of anilines is 1. The highest BCUT2D eigenvalue weighted by atomic mass is 35.5. The van der Waals surface area contributed by atoms with Crippen LogP contribution in [0.2, 0.25) is 5.02 Å². The fourth-order valence-electron chi connectivity index (χ4n) is 2.49. The monoisotopic (exact) mass is 282 g/mol. The molecule has 20 heavy (non-hydrogen) atoms. The second-order valence-electron chi connectivity index (χ2n) is 5.02. The van der Waals surface area contributed by atoms with Crippen molar-refractivity contribution < 1.29 is 0 Å². The molecule has 100 valence electrons. The van der Waals surface area contributed by atoms with E-state index in [2.05, 4.69) is 30.1 Å². The number of nitrogen functional groups attached to an aromatic ring is 1. The Hall–Kier alpha value is -2.06. The number of hydrogen-bond acceptors (Lipinski definition) is 2. The van der Waals surface area contributed by atoms with E-state index in [1.54, 1.807) is 6.20 Å². The first-order valence-electron chi connectivity index (χ1n) is 6.48. The van der Waals surface area contributed by atoms with Crippen LogP contribution in [0.1, 0.15) is 11.1 Å². The molecule has 0 aliphatic rings. The van der Waals surface area contributed by atoms with E-state index < -0.39 is 0 Å². The van der Waals surface area contributed by atoms with Gasteiger partial charge in [-0.25, -0.2) is 0 Å². The molecule has 3 rings (SSSR count). The Morgan fingerprint density at radius 3 is 2.55 bits per heavy atom. The van der Waals surface area contributed by atoms with E-state index in [1.807, 2.05) is 25.1 Å². The van der Waals surface area contributed by atoms with Crippen molar-refractivity contribution in [3.8, 4) is 11.1 Å². The van der Waals surface area contributed by atoms with E-state index in [0.29, 0.717) is 5.69 Å². The summed E-state index contributed by atoms with van der Waals surface area (Å²) in [6.45, 7) is 4.08. The highest BCUT2D eigenvalue weighted by Crippen LogP contribution is 2.36. The molecule has 2 aromatic carbocycles. The largest absolute Gasteiger partial charge is 0.397 e. The summed E-state index contributed by atoms with van der Waals surface area (Å²) in [7, 11) is 0. The molecule has 0 aliphatic carbocycles. The Bertz CT molecular complexity index is 809. The lowest BCUT2D eigenvalue weighted by atomic mass is 9.95. The van der Waals surface area contributed by atoms with Crippen LogP contribution < -0.4 is 5.73 Å². The average Bonchev–Trinajstić information content (AvgIpc) is 2.42. The third kappa shape index (κ3) is 2.02. The van der Waals surface area contributed by atoms with Crippen LogP contribution in [0.25, 0.3) is 22.0 Å². The fourth-order valence-corrected chi connectivity index (χ4v) is 2.65. The lowest BCUT2D eigenvalue weighted by molar-refractivity contribution is 1.38. The average molecular weight is 283 g/mol. The summed E-state index contributed by atoms with van der Waals surface area (Å²) < 4.78 is 0. The molecule has 0 unspecified atom stereocenters. The maximum absolute atomic E-state index is 6.19. The summed E-state index contributed by atoms with van der Waals surface area (Å²) in [5.41, 5.74) is 12.1. The number of hydrogen-bond donors (Lipinski definition) is 1. The Morgan fingerprint density at radius 2 is 1.80 bits per heavy atom. The van der Waals surface area contributed by atoms with Crippen LogP contribution in [0, 0.1) is 13.8 Å². The second kappa shape index (κ2) is 4.80. The normalized spacial score (nSPS) is 10.9. The van der Waals surface area contributed by atoms with Crippen LogP contribution in [0.15, 0.2) is 42.6 Å². The molecule has 3 heteroatoms. The number of aromatic nitrogens is 1. The summed E-state index contributed by atoms with van der Waals surface area (Å²) in [4.78, 5) is 4.39. The zero-order valence-electron chi connectivity index (χ0n) is 11.4. The minimum atomic E-state index is 0.688. The number of aryl methyl sites for hydroxylation is 2. The first-order chi connectivity index (χ1) is 9.58. The number of nitrogens with zero attached hydrogens (tertiary/aromatic N) is 1.